The molecule has 0 radical (unpaired) electrons. The van der Waals surface area contributed by atoms with Crippen LogP contribution in [0.2, 0.25) is 0 Å². The number of hydrogen-bond acceptors (Lipinski definition) is 3. The number of carbonyl (C=O) groups excluding carboxylic acids is 1. The van der Waals surface area contributed by atoms with E-state index in [1.807, 2.05) is 13.8 Å². The van der Waals surface area contributed by atoms with E-state index in [1.165, 1.54) is 0 Å². The molecule has 1 saturated carbocycles. The fraction of sp³-hybridized carbons (Fsp3) is 0.727. The van der Waals surface area contributed by atoms with Crippen LogP contribution < -0.4 is 0 Å². The second kappa shape index (κ2) is 4.49. The minimum atomic E-state index is -0.536. The molecule has 3 nitrogen and oxygen atoms in total. The predicted octanol–water partition coefficient (Wildman–Crippen LogP) is 2.27. The maximum atomic E-state index is 11.7. The molecule has 0 aliphatic heterocycles. The highest BCUT2D eigenvalue weighted by Crippen LogP contribution is 2.47. The fourth-order valence-corrected chi connectivity index (χ4v) is 1.71. The minimum absolute atomic E-state index is 0.176. The van der Waals surface area contributed by atoms with Crippen molar-refractivity contribution in [1.82, 2.24) is 0 Å². The van der Waals surface area contributed by atoms with Crippen LogP contribution in [-0.2, 0) is 14.3 Å². The van der Waals surface area contributed by atoms with Crippen molar-refractivity contribution in [1.29, 1.82) is 0 Å². The number of esters is 1. The normalized spacial score (nSPS) is 18.1. The van der Waals surface area contributed by atoms with Crippen molar-refractivity contribution >= 4 is 5.97 Å². The molecular formula is C11H18O3. The summed E-state index contributed by atoms with van der Waals surface area (Å²) < 4.78 is 10.4. The first-order valence-corrected chi connectivity index (χ1v) is 5.16. The van der Waals surface area contributed by atoms with Crippen LogP contribution in [0.25, 0.3) is 0 Å². The van der Waals surface area contributed by atoms with Crippen LogP contribution >= 0.6 is 0 Å². The Hall–Kier alpha value is -0.990. The Bertz CT molecular complexity index is 209. The van der Waals surface area contributed by atoms with E-state index in [2.05, 4.69) is 6.58 Å². The molecule has 1 rings (SSSR count). The average Bonchev–Trinajstić information content (AvgIpc) is 2.02. The van der Waals surface area contributed by atoms with Gasteiger partial charge in [-0.1, -0.05) is 13.0 Å². The highest BCUT2D eigenvalue weighted by Gasteiger charge is 2.49. The molecule has 0 amide bonds. The van der Waals surface area contributed by atoms with E-state index < -0.39 is 5.41 Å². The van der Waals surface area contributed by atoms with Gasteiger partial charge in [-0.2, -0.15) is 0 Å². The second-order valence-electron chi connectivity index (χ2n) is 3.51. The van der Waals surface area contributed by atoms with Gasteiger partial charge in [-0.05, 0) is 26.7 Å². The van der Waals surface area contributed by atoms with Crippen molar-refractivity contribution in [2.24, 2.45) is 5.41 Å². The first kappa shape index (κ1) is 11.1. The molecule has 0 aromatic rings. The van der Waals surface area contributed by atoms with Crippen molar-refractivity contribution in [3.05, 3.63) is 12.3 Å². The Morgan fingerprint density at radius 3 is 2.21 bits per heavy atom. The van der Waals surface area contributed by atoms with E-state index >= 15 is 0 Å². The first-order valence-electron chi connectivity index (χ1n) is 5.16. The third-order valence-corrected chi connectivity index (χ3v) is 2.73. The van der Waals surface area contributed by atoms with E-state index in [0.29, 0.717) is 19.0 Å². The molecule has 0 aromatic carbocycles. The SMILES string of the molecule is C=C(OCC)C1(C(=O)OCC)CCC1. The maximum Gasteiger partial charge on any atom is 0.319 e. The predicted molar refractivity (Wildman–Crippen MR) is 53.7 cm³/mol. The molecule has 0 unspecified atom stereocenters. The Morgan fingerprint density at radius 2 is 1.86 bits per heavy atom. The van der Waals surface area contributed by atoms with Gasteiger partial charge in [0.15, 0.2) is 0 Å². The maximum absolute atomic E-state index is 11.7. The topological polar surface area (TPSA) is 35.5 Å². The van der Waals surface area contributed by atoms with Crippen LogP contribution in [0.5, 0.6) is 0 Å². The Labute approximate surface area is 85.1 Å². The van der Waals surface area contributed by atoms with Crippen LogP contribution in [0.15, 0.2) is 12.3 Å². The van der Waals surface area contributed by atoms with Crippen LogP contribution in [0, 0.1) is 5.41 Å². The number of ether oxygens (including phenoxy) is 2. The molecule has 14 heavy (non-hydrogen) atoms. The summed E-state index contributed by atoms with van der Waals surface area (Å²) in [5, 5.41) is 0. The van der Waals surface area contributed by atoms with Gasteiger partial charge in [0.05, 0.1) is 13.2 Å². The van der Waals surface area contributed by atoms with Gasteiger partial charge in [0, 0.05) is 0 Å². The molecule has 0 aromatic heterocycles. The lowest BCUT2D eigenvalue weighted by molar-refractivity contribution is -0.160. The zero-order valence-corrected chi connectivity index (χ0v) is 8.97. The highest BCUT2D eigenvalue weighted by atomic mass is 16.5. The monoisotopic (exact) mass is 198 g/mol. The van der Waals surface area contributed by atoms with Crippen molar-refractivity contribution in [2.75, 3.05) is 13.2 Å². The highest BCUT2D eigenvalue weighted by molar-refractivity contribution is 5.81. The van der Waals surface area contributed by atoms with Gasteiger partial charge < -0.3 is 9.47 Å². The largest absolute Gasteiger partial charge is 0.498 e. The van der Waals surface area contributed by atoms with E-state index in [4.69, 9.17) is 9.47 Å². The molecular weight excluding hydrogens is 180 g/mol. The fourth-order valence-electron chi connectivity index (χ4n) is 1.71. The summed E-state index contributed by atoms with van der Waals surface area (Å²) in [4.78, 5) is 11.7. The van der Waals surface area contributed by atoms with Gasteiger partial charge in [0.2, 0.25) is 0 Å². The summed E-state index contributed by atoms with van der Waals surface area (Å²) in [7, 11) is 0. The second-order valence-corrected chi connectivity index (χ2v) is 3.51. The molecule has 0 atom stereocenters. The van der Waals surface area contributed by atoms with Crippen molar-refractivity contribution in [2.45, 2.75) is 33.1 Å². The van der Waals surface area contributed by atoms with Gasteiger partial charge in [-0.3, -0.25) is 4.79 Å². The Morgan fingerprint density at radius 1 is 1.29 bits per heavy atom. The van der Waals surface area contributed by atoms with Crippen molar-refractivity contribution < 1.29 is 14.3 Å². The zero-order valence-electron chi connectivity index (χ0n) is 8.97. The molecule has 0 bridgehead atoms. The third kappa shape index (κ3) is 1.76. The van der Waals surface area contributed by atoms with E-state index in [1.54, 1.807) is 0 Å². The standard InChI is InChI=1S/C11H18O3/c1-4-13-9(3)11(7-6-8-11)10(12)14-5-2/h3-8H2,1-2H3. The third-order valence-electron chi connectivity index (χ3n) is 2.73. The lowest BCUT2D eigenvalue weighted by Gasteiger charge is -2.39. The Kier molecular flexibility index (Phi) is 3.55. The van der Waals surface area contributed by atoms with Crippen LogP contribution in [-0.4, -0.2) is 19.2 Å². The molecule has 0 saturated heterocycles. The number of carbonyl (C=O) groups is 1. The van der Waals surface area contributed by atoms with Gasteiger partial charge in [-0.25, -0.2) is 0 Å². The average molecular weight is 198 g/mol. The minimum Gasteiger partial charge on any atom is -0.498 e. The van der Waals surface area contributed by atoms with Gasteiger partial charge in [0.25, 0.3) is 0 Å². The number of rotatable bonds is 5. The molecule has 80 valence electrons. The van der Waals surface area contributed by atoms with E-state index in [9.17, 15) is 4.79 Å². The van der Waals surface area contributed by atoms with Gasteiger partial charge in [-0.15, -0.1) is 0 Å². The van der Waals surface area contributed by atoms with E-state index in [0.717, 1.165) is 19.3 Å². The molecule has 0 spiro atoms. The molecule has 3 heteroatoms. The molecule has 0 N–H and O–H groups in total. The summed E-state index contributed by atoms with van der Waals surface area (Å²) in [5.74, 6) is 0.398. The van der Waals surface area contributed by atoms with Crippen LogP contribution in [0.3, 0.4) is 0 Å². The molecule has 1 aliphatic carbocycles. The quantitative estimate of drug-likeness (QED) is 0.502. The summed E-state index contributed by atoms with van der Waals surface area (Å²) in [5.41, 5.74) is -0.536. The van der Waals surface area contributed by atoms with Crippen molar-refractivity contribution in [3.8, 4) is 0 Å². The van der Waals surface area contributed by atoms with Crippen LogP contribution in [0.1, 0.15) is 33.1 Å². The van der Waals surface area contributed by atoms with Gasteiger partial charge in [0.1, 0.15) is 11.2 Å². The van der Waals surface area contributed by atoms with Crippen molar-refractivity contribution in [3.63, 3.8) is 0 Å². The lowest BCUT2D eigenvalue weighted by Crippen LogP contribution is -2.41. The summed E-state index contributed by atoms with van der Waals surface area (Å²) >= 11 is 0. The summed E-state index contributed by atoms with van der Waals surface area (Å²) in [6, 6.07) is 0. The summed E-state index contributed by atoms with van der Waals surface area (Å²) in [6.45, 7) is 8.50. The zero-order chi connectivity index (χ0) is 10.6. The first-order chi connectivity index (χ1) is 6.67. The van der Waals surface area contributed by atoms with Gasteiger partial charge >= 0.3 is 5.97 Å². The smallest absolute Gasteiger partial charge is 0.319 e. The van der Waals surface area contributed by atoms with Crippen LogP contribution in [0.4, 0.5) is 0 Å². The molecule has 1 fully saturated rings. The molecule has 0 heterocycles. The van der Waals surface area contributed by atoms with E-state index in [-0.39, 0.29) is 5.97 Å². The summed E-state index contributed by atoms with van der Waals surface area (Å²) in [6.07, 6.45) is 2.67. The lowest BCUT2D eigenvalue weighted by atomic mass is 9.67. The Balaban J connectivity index is 2.65. The molecule has 1 aliphatic rings. The number of hydrogen-bond donors (Lipinski definition) is 0.